The molecule has 0 saturated heterocycles. The van der Waals surface area contributed by atoms with E-state index in [0.29, 0.717) is 214 Å². The number of phenols is 4. The second-order valence-corrected chi connectivity index (χ2v) is 31.3. The first-order valence-electron chi connectivity index (χ1n) is 43.3. The molecule has 6 N–H and O–H groups in total. The molecule has 0 atom stereocenters. The quantitative estimate of drug-likeness (QED) is 0.0306. The van der Waals surface area contributed by atoms with Crippen LogP contribution < -0.4 is 18.9 Å². The van der Waals surface area contributed by atoms with Crippen molar-refractivity contribution in [1.82, 2.24) is 39.9 Å². The second kappa shape index (κ2) is 37.8. The Morgan fingerprint density at radius 1 is 0.191 bits per heavy atom. The van der Waals surface area contributed by atoms with E-state index in [1.54, 1.807) is 123 Å². The molecule has 650 valence electrons. The summed E-state index contributed by atoms with van der Waals surface area (Å²) < 4.78 is 27.7. The Morgan fingerprint density at radius 2 is 0.397 bits per heavy atom. The van der Waals surface area contributed by atoms with Gasteiger partial charge in [-0.1, -0.05) is 146 Å². The van der Waals surface area contributed by atoms with Crippen molar-refractivity contribution in [2.75, 3.05) is 0 Å². The van der Waals surface area contributed by atoms with Gasteiger partial charge in [-0.2, -0.15) is 0 Å². The monoisotopic (exact) mass is 1770 g/mol. The zero-order valence-electron chi connectivity index (χ0n) is 71.9. The van der Waals surface area contributed by atoms with Crippen molar-refractivity contribution in [1.29, 1.82) is 0 Å². The standard InChI is InChI=1S/C112H74N16O8/c129-97-41-17-1-25-69(97)61-113-89-33-9-13-37-93(89)117-65-73-29-5-21-45-101(73)133-77-49-53-81-85(57-77)109-123-105(81)121-106-83-55-51-79(135-103-47-23-7-31-75(103)67-119-95-39-15-11-35-91(95)115-63-71-27-3-19-43-99(71)131)59-87(83)111(125-106)128-112-88-60-80(136-104-48-24-8-32-76(104)68-120-96-40-16-12-36-92(96)116-64-72-28-4-20-44-100(72)132)52-56-84(88)108(126-112)122-107-82-54-50-78(58-86(82)110(124-107)127-109)134-102-46-22-6-30-74(102)66-118-94-38-14-10-34-90(94)114-62-70-26-2-18-42-98(70)130/h1-68,129-132H,(H2,121,122,123,124,125,126,127,128). The molecule has 2 aliphatic rings. The van der Waals surface area contributed by atoms with Gasteiger partial charge in [0, 0.05) is 138 Å². The number of rotatable bonds is 24. The highest BCUT2D eigenvalue weighted by Gasteiger charge is 2.26. The van der Waals surface area contributed by atoms with E-state index in [2.05, 4.69) is 9.97 Å². The molecule has 5 heterocycles. The normalized spacial score (nSPS) is 12.0. The van der Waals surface area contributed by atoms with Gasteiger partial charge in [-0.15, -0.1) is 0 Å². The lowest BCUT2D eigenvalue weighted by atomic mass is 10.1. The summed E-state index contributed by atoms with van der Waals surface area (Å²) in [5, 5.41) is 44.7. The lowest BCUT2D eigenvalue weighted by Crippen LogP contribution is -1.92. The van der Waals surface area contributed by atoms with Crippen LogP contribution in [-0.4, -0.2) is 110 Å². The summed E-state index contributed by atoms with van der Waals surface area (Å²) in [6.07, 6.45) is 13.4. The van der Waals surface area contributed by atoms with Crippen LogP contribution in [0, 0.1) is 0 Å². The van der Waals surface area contributed by atoms with Gasteiger partial charge in [-0.05, 0) is 218 Å². The Morgan fingerprint density at radius 3 is 0.662 bits per heavy atom. The molecule has 2 aliphatic heterocycles. The summed E-state index contributed by atoms with van der Waals surface area (Å²) in [6.45, 7) is 0. The Kier molecular flexibility index (Phi) is 23.2. The minimum Gasteiger partial charge on any atom is -0.507 e. The molecular weight excluding hydrogens is 1700 g/mol. The van der Waals surface area contributed by atoms with Crippen molar-refractivity contribution >= 4 is 139 Å². The average Bonchev–Trinajstić information content (AvgIpc) is 1.59. The molecule has 19 aromatic rings. The number of aromatic amines is 2. The number of phenolic OH excluding ortho intramolecular Hbond substituents is 4. The first kappa shape index (κ1) is 83.5. The number of para-hydroxylation sites is 16. The molecule has 0 aliphatic carbocycles. The van der Waals surface area contributed by atoms with Crippen molar-refractivity contribution in [3.8, 4) is 115 Å². The molecule has 3 aromatic heterocycles. The maximum absolute atomic E-state index is 10.6. The molecule has 24 heteroatoms. The fourth-order valence-electron chi connectivity index (χ4n) is 15.4. The van der Waals surface area contributed by atoms with E-state index >= 15 is 0 Å². The van der Waals surface area contributed by atoms with Crippen LogP contribution in [0.2, 0.25) is 0 Å². The topological polar surface area (TPSA) is 326 Å². The number of ether oxygens (including phenoxy) is 4. The molecule has 0 saturated carbocycles. The third kappa shape index (κ3) is 18.3. The smallest absolute Gasteiger partial charge is 0.164 e. The van der Waals surface area contributed by atoms with Crippen molar-refractivity contribution in [3.63, 3.8) is 0 Å². The molecule has 0 radical (unpaired) electrons. The lowest BCUT2D eigenvalue weighted by molar-refractivity contribution is 0.474. The van der Waals surface area contributed by atoms with Gasteiger partial charge < -0.3 is 49.3 Å². The molecule has 8 bridgehead atoms. The highest BCUT2D eigenvalue weighted by atomic mass is 16.5. The third-order valence-electron chi connectivity index (χ3n) is 22.3. The van der Waals surface area contributed by atoms with E-state index in [9.17, 15) is 20.4 Å². The highest BCUT2D eigenvalue weighted by Crippen LogP contribution is 2.45. The summed E-state index contributed by atoms with van der Waals surface area (Å²) in [5.74, 6) is 5.40. The summed E-state index contributed by atoms with van der Waals surface area (Å²) in [4.78, 5) is 78.6. The molecule has 0 fully saturated rings. The molecule has 16 aromatic carbocycles. The zero-order valence-corrected chi connectivity index (χ0v) is 71.9. The minimum atomic E-state index is 0.109. The van der Waals surface area contributed by atoms with Crippen LogP contribution in [-0.2, 0) is 0 Å². The van der Waals surface area contributed by atoms with Gasteiger partial charge in [-0.25, -0.2) is 29.9 Å². The van der Waals surface area contributed by atoms with Crippen LogP contribution >= 0.6 is 0 Å². The summed E-state index contributed by atoms with van der Waals surface area (Å²) in [5.41, 5.74) is 13.6. The van der Waals surface area contributed by atoms with Gasteiger partial charge in [0.15, 0.2) is 23.3 Å². The molecule has 21 rings (SSSR count). The predicted molar refractivity (Wildman–Crippen MR) is 538 cm³/mol. The molecular formula is C112H74N16O8. The summed E-state index contributed by atoms with van der Waals surface area (Å²) in [6, 6.07) is 111. The highest BCUT2D eigenvalue weighted by molar-refractivity contribution is 6.08. The fraction of sp³-hybridized carbons (Fsp3) is 0. The van der Waals surface area contributed by atoms with Crippen LogP contribution in [0.15, 0.2) is 404 Å². The van der Waals surface area contributed by atoms with E-state index in [1.807, 2.05) is 291 Å². The number of nitrogens with zero attached hydrogens (tertiary/aromatic N) is 14. The van der Waals surface area contributed by atoms with Crippen LogP contribution in [0.3, 0.4) is 0 Å². The van der Waals surface area contributed by atoms with E-state index < -0.39 is 0 Å². The number of hydrogen-bond donors (Lipinski definition) is 6. The number of hydrogen-bond acceptors (Lipinski definition) is 22. The number of aromatic nitrogens is 8. The molecule has 136 heavy (non-hydrogen) atoms. The van der Waals surface area contributed by atoms with Crippen molar-refractivity contribution in [2.24, 2.45) is 39.9 Å². The van der Waals surface area contributed by atoms with Gasteiger partial charge in [0.2, 0.25) is 0 Å². The number of H-pyrrole nitrogens is 2. The molecule has 0 amide bonds. The number of benzene rings is 16. The van der Waals surface area contributed by atoms with Gasteiger partial charge in [-0.3, -0.25) is 39.9 Å². The SMILES string of the molecule is Oc1ccccc1C=Nc1ccccc1N=Cc1ccccc1Oc1ccc2c(c1)-c1nc-2nc2[nH]c(nc3nc(nc4[nH]c(n1)c1cc(Oc5ccccc5C=Nc5ccccc5N=Cc5ccccc5O)ccc41)-c1ccc(Oc4ccccc4C=Nc4ccccc4N=Cc4ccccc4O)cc1-3)c1cc(Oc3ccccc3C=Nc3ccccc3N=Cc3ccccc3O)ccc21. The van der Waals surface area contributed by atoms with E-state index in [4.69, 9.17) is 88.8 Å². The maximum atomic E-state index is 10.6. The predicted octanol–water partition coefficient (Wildman–Crippen LogP) is 26.9. The number of nitrogens with one attached hydrogen (secondary N) is 2. The van der Waals surface area contributed by atoms with Gasteiger partial charge in [0.25, 0.3) is 0 Å². The molecule has 24 nitrogen and oxygen atoms in total. The Labute approximate surface area is 776 Å². The first-order valence-corrected chi connectivity index (χ1v) is 43.3. The van der Waals surface area contributed by atoms with Crippen molar-refractivity contribution in [2.45, 2.75) is 0 Å². The number of aromatic hydroxyl groups is 4. The first-order chi connectivity index (χ1) is 67.0. The summed E-state index contributed by atoms with van der Waals surface area (Å²) in [7, 11) is 0. The van der Waals surface area contributed by atoms with Crippen molar-refractivity contribution in [3.05, 3.63) is 408 Å². The molecule has 0 unspecified atom stereocenters. The largest absolute Gasteiger partial charge is 0.507 e. The Bertz CT molecular complexity index is 7880. The lowest BCUT2D eigenvalue weighted by Gasteiger charge is -2.10. The Balaban J connectivity index is 0.703. The van der Waals surface area contributed by atoms with Crippen LogP contribution in [0.4, 0.5) is 45.5 Å². The van der Waals surface area contributed by atoms with Crippen molar-refractivity contribution < 1.29 is 39.4 Å². The number of fused-ring (bicyclic) bond motifs is 20. The van der Waals surface area contributed by atoms with Gasteiger partial charge in [0.05, 0.1) is 45.5 Å². The van der Waals surface area contributed by atoms with Gasteiger partial charge in [0.1, 0.15) is 91.6 Å². The molecule has 0 spiro atoms. The Hall–Kier alpha value is -19.4. The van der Waals surface area contributed by atoms with E-state index in [0.717, 1.165) is 0 Å². The fourth-order valence-corrected chi connectivity index (χ4v) is 15.4. The van der Waals surface area contributed by atoms with E-state index in [-0.39, 0.29) is 34.6 Å². The summed E-state index contributed by atoms with van der Waals surface area (Å²) >= 11 is 0. The average molecular weight is 1770 g/mol. The number of aliphatic imine (C=N–C) groups is 8. The second-order valence-electron chi connectivity index (χ2n) is 31.3. The zero-order chi connectivity index (χ0) is 91.6. The van der Waals surface area contributed by atoms with Crippen LogP contribution in [0.5, 0.6) is 69.0 Å². The van der Waals surface area contributed by atoms with Crippen LogP contribution in [0.25, 0.3) is 89.7 Å². The third-order valence-corrected chi connectivity index (χ3v) is 22.3. The maximum Gasteiger partial charge on any atom is 0.164 e. The van der Waals surface area contributed by atoms with Crippen LogP contribution in [0.1, 0.15) is 44.5 Å². The van der Waals surface area contributed by atoms with Gasteiger partial charge >= 0.3 is 0 Å². The minimum absolute atomic E-state index is 0.109. The van der Waals surface area contributed by atoms with E-state index in [1.165, 1.54) is 0 Å².